The average Bonchev–Trinajstić information content (AvgIpc) is 2.26. The second-order valence-corrected chi connectivity index (χ2v) is 5.73. The molecule has 0 aromatic heterocycles. The van der Waals surface area contributed by atoms with Crippen molar-refractivity contribution in [3.05, 3.63) is 0 Å². The molecule has 3 nitrogen and oxygen atoms in total. The highest BCUT2D eigenvalue weighted by Crippen LogP contribution is 2.11. The fourth-order valence-electron chi connectivity index (χ4n) is 2.70. The third-order valence-electron chi connectivity index (χ3n) is 3.63. The first-order valence-corrected chi connectivity index (χ1v) is 7.10. The number of methoxy groups -OCH3 is 1. The van der Waals surface area contributed by atoms with E-state index in [0.29, 0.717) is 12.0 Å². The van der Waals surface area contributed by atoms with Crippen molar-refractivity contribution < 1.29 is 4.74 Å². The van der Waals surface area contributed by atoms with Crippen LogP contribution < -0.4 is 5.32 Å². The van der Waals surface area contributed by atoms with E-state index in [1.165, 1.54) is 32.5 Å². The zero-order valence-corrected chi connectivity index (χ0v) is 12.0. The van der Waals surface area contributed by atoms with E-state index in [0.717, 1.165) is 19.1 Å². The van der Waals surface area contributed by atoms with Crippen LogP contribution in [-0.2, 0) is 4.74 Å². The fraction of sp³-hybridized carbons (Fsp3) is 1.00. The molecular weight excluding hydrogens is 212 g/mol. The van der Waals surface area contributed by atoms with Gasteiger partial charge < -0.3 is 15.0 Å². The van der Waals surface area contributed by atoms with Crippen LogP contribution in [-0.4, -0.2) is 50.8 Å². The maximum Gasteiger partial charge on any atom is 0.0500 e. The van der Waals surface area contributed by atoms with Gasteiger partial charge in [0.2, 0.25) is 0 Å². The number of hydrogen-bond donors (Lipinski definition) is 1. The van der Waals surface area contributed by atoms with E-state index in [2.05, 4.69) is 31.0 Å². The number of rotatable bonds is 5. The molecule has 0 bridgehead atoms. The van der Waals surface area contributed by atoms with Crippen LogP contribution in [0.3, 0.4) is 0 Å². The summed E-state index contributed by atoms with van der Waals surface area (Å²) in [5.41, 5.74) is 0. The highest BCUT2D eigenvalue weighted by molar-refractivity contribution is 4.76. The lowest BCUT2D eigenvalue weighted by Gasteiger charge is -2.33. The van der Waals surface area contributed by atoms with Crippen LogP contribution in [0.5, 0.6) is 0 Å². The summed E-state index contributed by atoms with van der Waals surface area (Å²) >= 11 is 0. The summed E-state index contributed by atoms with van der Waals surface area (Å²) in [6.07, 6.45) is 2.52. The number of ether oxygens (including phenoxy) is 1. The van der Waals surface area contributed by atoms with Crippen LogP contribution in [0.15, 0.2) is 0 Å². The first kappa shape index (κ1) is 14.9. The van der Waals surface area contributed by atoms with Crippen molar-refractivity contribution in [3.8, 4) is 0 Å². The van der Waals surface area contributed by atoms with Gasteiger partial charge in [-0.15, -0.1) is 0 Å². The Kier molecular flexibility index (Phi) is 7.09. The van der Waals surface area contributed by atoms with Crippen molar-refractivity contribution in [1.29, 1.82) is 0 Å². The fourth-order valence-corrected chi connectivity index (χ4v) is 2.70. The molecule has 0 radical (unpaired) electrons. The lowest BCUT2D eigenvalue weighted by Crippen LogP contribution is -2.44. The van der Waals surface area contributed by atoms with E-state index in [-0.39, 0.29) is 0 Å². The van der Waals surface area contributed by atoms with Crippen molar-refractivity contribution in [2.45, 2.75) is 39.7 Å². The van der Waals surface area contributed by atoms with Gasteiger partial charge in [0.05, 0.1) is 0 Å². The lowest BCUT2D eigenvalue weighted by molar-refractivity contribution is 0.115. The largest absolute Gasteiger partial charge is 0.384 e. The van der Waals surface area contributed by atoms with Crippen LogP contribution in [0.1, 0.15) is 33.6 Å². The molecule has 17 heavy (non-hydrogen) atoms. The maximum atomic E-state index is 5.23. The molecule has 0 aromatic rings. The Labute approximate surface area is 107 Å². The Hall–Kier alpha value is -0.120. The van der Waals surface area contributed by atoms with E-state index < -0.39 is 0 Å². The summed E-state index contributed by atoms with van der Waals surface area (Å²) in [7, 11) is 1.80. The van der Waals surface area contributed by atoms with E-state index in [1.807, 2.05) is 0 Å². The highest BCUT2D eigenvalue weighted by Gasteiger charge is 2.19. The molecule has 0 aromatic carbocycles. The summed E-state index contributed by atoms with van der Waals surface area (Å²) in [4.78, 5) is 2.62. The van der Waals surface area contributed by atoms with Gasteiger partial charge in [-0.2, -0.15) is 0 Å². The second-order valence-electron chi connectivity index (χ2n) is 5.73. The summed E-state index contributed by atoms with van der Waals surface area (Å²) in [6.45, 7) is 12.6. The van der Waals surface area contributed by atoms with Gasteiger partial charge in [0.25, 0.3) is 0 Å². The minimum atomic E-state index is 0.639. The Morgan fingerprint density at radius 3 is 2.88 bits per heavy atom. The molecule has 1 heterocycles. The maximum absolute atomic E-state index is 5.23. The van der Waals surface area contributed by atoms with Gasteiger partial charge >= 0.3 is 0 Å². The summed E-state index contributed by atoms with van der Waals surface area (Å²) in [5.74, 6) is 1.39. The first-order chi connectivity index (χ1) is 8.15. The van der Waals surface area contributed by atoms with Crippen molar-refractivity contribution in [2.24, 2.45) is 11.8 Å². The second kappa shape index (κ2) is 8.06. The third kappa shape index (κ3) is 5.84. The molecule has 0 aliphatic carbocycles. The molecule has 1 rings (SSSR count). The average molecular weight is 242 g/mol. The minimum absolute atomic E-state index is 0.639. The molecule has 0 amide bonds. The number of hydrogen-bond acceptors (Lipinski definition) is 3. The molecule has 1 N–H and O–H groups in total. The Morgan fingerprint density at radius 2 is 2.24 bits per heavy atom. The summed E-state index contributed by atoms with van der Waals surface area (Å²) in [5, 5.41) is 3.67. The van der Waals surface area contributed by atoms with Gasteiger partial charge in [-0.25, -0.2) is 0 Å². The quantitative estimate of drug-likeness (QED) is 0.798. The van der Waals surface area contributed by atoms with Crippen molar-refractivity contribution in [2.75, 3.05) is 39.9 Å². The first-order valence-electron chi connectivity index (χ1n) is 7.10. The Morgan fingerprint density at radius 1 is 1.47 bits per heavy atom. The molecule has 1 aliphatic heterocycles. The van der Waals surface area contributed by atoms with Crippen molar-refractivity contribution >= 4 is 0 Å². The van der Waals surface area contributed by atoms with Crippen LogP contribution >= 0.6 is 0 Å². The number of nitrogens with one attached hydrogen (secondary N) is 1. The molecule has 3 heteroatoms. The monoisotopic (exact) mass is 242 g/mol. The van der Waals surface area contributed by atoms with Gasteiger partial charge in [-0.05, 0) is 37.8 Å². The van der Waals surface area contributed by atoms with Crippen LogP contribution in [0.25, 0.3) is 0 Å². The SMILES string of the molecule is CCC1CCN(CC(C)COC)CC(C)CN1. The number of nitrogens with zero attached hydrogens (tertiary/aromatic N) is 1. The van der Waals surface area contributed by atoms with E-state index in [4.69, 9.17) is 4.74 Å². The molecule has 1 saturated heterocycles. The van der Waals surface area contributed by atoms with Crippen molar-refractivity contribution in [1.82, 2.24) is 10.2 Å². The van der Waals surface area contributed by atoms with Crippen LogP contribution in [0.2, 0.25) is 0 Å². The zero-order valence-electron chi connectivity index (χ0n) is 12.0. The molecule has 3 unspecified atom stereocenters. The topological polar surface area (TPSA) is 24.5 Å². The van der Waals surface area contributed by atoms with E-state index >= 15 is 0 Å². The van der Waals surface area contributed by atoms with Gasteiger partial charge in [0, 0.05) is 32.8 Å². The van der Waals surface area contributed by atoms with Gasteiger partial charge in [-0.1, -0.05) is 20.8 Å². The van der Waals surface area contributed by atoms with E-state index in [1.54, 1.807) is 7.11 Å². The smallest absolute Gasteiger partial charge is 0.0500 e. The van der Waals surface area contributed by atoms with Crippen molar-refractivity contribution in [3.63, 3.8) is 0 Å². The Balaban J connectivity index is 2.40. The standard InChI is InChI=1S/C14H30N2O/c1-5-14-6-7-16(9-12(2)8-15-14)10-13(3)11-17-4/h12-15H,5-11H2,1-4H3. The molecule has 1 aliphatic rings. The van der Waals surface area contributed by atoms with Crippen LogP contribution in [0, 0.1) is 11.8 Å². The highest BCUT2D eigenvalue weighted by atomic mass is 16.5. The zero-order chi connectivity index (χ0) is 12.7. The minimum Gasteiger partial charge on any atom is -0.384 e. The molecule has 3 atom stereocenters. The van der Waals surface area contributed by atoms with Gasteiger partial charge in [0.1, 0.15) is 0 Å². The Bertz CT molecular complexity index is 199. The summed E-state index contributed by atoms with van der Waals surface area (Å²) in [6, 6.07) is 0.706. The normalized spacial score (nSPS) is 29.6. The molecule has 0 spiro atoms. The molecule has 1 fully saturated rings. The predicted octanol–water partition coefficient (Wildman–Crippen LogP) is 1.98. The molecule has 102 valence electrons. The van der Waals surface area contributed by atoms with Gasteiger partial charge in [-0.3, -0.25) is 0 Å². The van der Waals surface area contributed by atoms with Gasteiger partial charge in [0.15, 0.2) is 0 Å². The molecular formula is C14H30N2O. The molecule has 0 saturated carbocycles. The van der Waals surface area contributed by atoms with Crippen LogP contribution in [0.4, 0.5) is 0 Å². The van der Waals surface area contributed by atoms with E-state index in [9.17, 15) is 0 Å². The lowest BCUT2D eigenvalue weighted by atomic mass is 10.0. The third-order valence-corrected chi connectivity index (χ3v) is 3.63. The predicted molar refractivity (Wildman–Crippen MR) is 73.3 cm³/mol. The summed E-state index contributed by atoms with van der Waals surface area (Å²) < 4.78 is 5.23.